The van der Waals surface area contributed by atoms with Gasteiger partial charge in [-0.05, 0) is 24.1 Å². The van der Waals surface area contributed by atoms with Crippen LogP contribution in [0, 0.1) is 5.41 Å². The Balaban J connectivity index is 2.03. The van der Waals surface area contributed by atoms with Crippen LogP contribution in [-0.2, 0) is 17.8 Å². The van der Waals surface area contributed by atoms with Gasteiger partial charge in [0.15, 0.2) is 4.80 Å². The standard InChI is InChI=1S/C13H15N3OS/c1-2-10-4-3-5-11(8-10)15-12(17)9-16-6-7-18-13(16)14/h3-8,14H,2,9H2,1H3,(H,15,17). The van der Waals surface area contributed by atoms with Crippen molar-refractivity contribution >= 4 is 22.9 Å². The number of hydrogen-bond acceptors (Lipinski definition) is 3. The summed E-state index contributed by atoms with van der Waals surface area (Å²) in [5, 5.41) is 12.2. The number of hydrogen-bond donors (Lipinski definition) is 2. The highest BCUT2D eigenvalue weighted by molar-refractivity contribution is 7.06. The predicted octanol–water partition coefficient (Wildman–Crippen LogP) is 2.23. The van der Waals surface area contributed by atoms with Gasteiger partial charge in [0.1, 0.15) is 6.54 Å². The number of rotatable bonds is 4. The van der Waals surface area contributed by atoms with Crippen LogP contribution in [-0.4, -0.2) is 10.5 Å². The van der Waals surface area contributed by atoms with E-state index in [0.717, 1.165) is 12.1 Å². The molecule has 94 valence electrons. The van der Waals surface area contributed by atoms with Gasteiger partial charge in [0, 0.05) is 17.3 Å². The Morgan fingerprint density at radius 3 is 3.00 bits per heavy atom. The van der Waals surface area contributed by atoms with Crippen LogP contribution in [0.4, 0.5) is 5.69 Å². The molecule has 0 radical (unpaired) electrons. The summed E-state index contributed by atoms with van der Waals surface area (Å²) in [6.45, 7) is 2.26. The van der Waals surface area contributed by atoms with Crippen molar-refractivity contribution in [1.29, 1.82) is 5.41 Å². The zero-order valence-electron chi connectivity index (χ0n) is 10.1. The van der Waals surface area contributed by atoms with E-state index in [0.29, 0.717) is 4.80 Å². The van der Waals surface area contributed by atoms with Crippen molar-refractivity contribution in [2.24, 2.45) is 0 Å². The molecule has 0 saturated carbocycles. The highest BCUT2D eigenvalue weighted by atomic mass is 32.1. The molecule has 18 heavy (non-hydrogen) atoms. The molecule has 0 bridgehead atoms. The number of amides is 1. The molecule has 1 aromatic heterocycles. The van der Waals surface area contributed by atoms with Crippen molar-refractivity contribution in [3.8, 4) is 0 Å². The molecule has 0 atom stereocenters. The molecule has 2 rings (SSSR count). The van der Waals surface area contributed by atoms with E-state index in [1.807, 2.05) is 24.3 Å². The van der Waals surface area contributed by atoms with Crippen LogP contribution in [0.25, 0.3) is 0 Å². The first kappa shape index (κ1) is 12.6. The Kier molecular flexibility index (Phi) is 3.94. The van der Waals surface area contributed by atoms with Crippen molar-refractivity contribution in [2.75, 3.05) is 5.32 Å². The number of aromatic nitrogens is 1. The first-order chi connectivity index (χ1) is 8.69. The van der Waals surface area contributed by atoms with Crippen molar-refractivity contribution in [3.05, 3.63) is 46.2 Å². The van der Waals surface area contributed by atoms with Crippen LogP contribution in [0.15, 0.2) is 35.8 Å². The number of nitrogens with one attached hydrogen (secondary N) is 2. The monoisotopic (exact) mass is 261 g/mol. The van der Waals surface area contributed by atoms with Gasteiger partial charge in [-0.25, -0.2) is 0 Å². The number of anilines is 1. The molecular formula is C13H15N3OS. The maximum Gasteiger partial charge on any atom is 0.244 e. The molecule has 0 saturated heterocycles. The highest BCUT2D eigenvalue weighted by Gasteiger charge is 2.04. The van der Waals surface area contributed by atoms with Gasteiger partial charge in [-0.15, -0.1) is 11.3 Å². The molecule has 0 unspecified atom stereocenters. The second kappa shape index (κ2) is 5.64. The molecule has 4 nitrogen and oxygen atoms in total. The smallest absolute Gasteiger partial charge is 0.244 e. The first-order valence-corrected chi connectivity index (χ1v) is 6.64. The third-order valence-corrected chi connectivity index (χ3v) is 3.33. The lowest BCUT2D eigenvalue weighted by Crippen LogP contribution is -2.23. The third-order valence-electron chi connectivity index (χ3n) is 2.61. The number of carbonyl (C=O) groups is 1. The molecule has 1 amide bonds. The molecule has 1 aromatic carbocycles. The lowest BCUT2D eigenvalue weighted by molar-refractivity contribution is -0.116. The number of nitrogens with zero attached hydrogens (tertiary/aromatic N) is 1. The summed E-state index contributed by atoms with van der Waals surface area (Å²) in [5.41, 5.74) is 2.00. The predicted molar refractivity (Wildman–Crippen MR) is 72.6 cm³/mol. The number of thiazole rings is 1. The van der Waals surface area contributed by atoms with E-state index in [4.69, 9.17) is 5.41 Å². The van der Waals surface area contributed by atoms with Crippen LogP contribution in [0.2, 0.25) is 0 Å². The van der Waals surface area contributed by atoms with Gasteiger partial charge in [0.25, 0.3) is 0 Å². The van der Waals surface area contributed by atoms with Crippen LogP contribution in [0.3, 0.4) is 0 Å². The molecule has 0 spiro atoms. The SMILES string of the molecule is CCc1cccc(NC(=O)Cn2ccsc2=N)c1. The molecule has 0 aliphatic heterocycles. The summed E-state index contributed by atoms with van der Waals surface area (Å²) in [6, 6.07) is 7.81. The fourth-order valence-corrected chi connectivity index (χ4v) is 2.25. The number of benzene rings is 1. The highest BCUT2D eigenvalue weighted by Crippen LogP contribution is 2.11. The van der Waals surface area contributed by atoms with Gasteiger partial charge in [0.05, 0.1) is 0 Å². The topological polar surface area (TPSA) is 57.9 Å². The summed E-state index contributed by atoms with van der Waals surface area (Å²) in [5.74, 6) is -0.111. The Morgan fingerprint density at radius 2 is 2.33 bits per heavy atom. The lowest BCUT2D eigenvalue weighted by atomic mass is 10.1. The normalized spacial score (nSPS) is 10.3. The Bertz CT molecular complexity index is 600. The van der Waals surface area contributed by atoms with Crippen LogP contribution in [0.5, 0.6) is 0 Å². The van der Waals surface area contributed by atoms with E-state index >= 15 is 0 Å². The molecule has 0 aliphatic carbocycles. The maximum atomic E-state index is 11.8. The summed E-state index contributed by atoms with van der Waals surface area (Å²) in [6.07, 6.45) is 2.69. The second-order valence-electron chi connectivity index (χ2n) is 3.94. The van der Waals surface area contributed by atoms with E-state index in [1.165, 1.54) is 16.9 Å². The minimum Gasteiger partial charge on any atom is -0.325 e. The van der Waals surface area contributed by atoms with Gasteiger partial charge >= 0.3 is 0 Å². The van der Waals surface area contributed by atoms with Crippen molar-refractivity contribution in [3.63, 3.8) is 0 Å². The maximum absolute atomic E-state index is 11.8. The van der Waals surface area contributed by atoms with Crippen molar-refractivity contribution < 1.29 is 4.79 Å². The van der Waals surface area contributed by atoms with E-state index in [9.17, 15) is 4.79 Å². The lowest BCUT2D eigenvalue weighted by Gasteiger charge is -2.07. The molecule has 5 heteroatoms. The molecule has 0 fully saturated rings. The van der Waals surface area contributed by atoms with Gasteiger partial charge < -0.3 is 9.88 Å². The Labute approximate surface area is 109 Å². The number of aryl methyl sites for hydroxylation is 1. The second-order valence-corrected chi connectivity index (χ2v) is 4.83. The van der Waals surface area contributed by atoms with E-state index in [2.05, 4.69) is 12.2 Å². The molecular weight excluding hydrogens is 246 g/mol. The van der Waals surface area contributed by atoms with E-state index in [-0.39, 0.29) is 12.5 Å². The zero-order valence-corrected chi connectivity index (χ0v) is 11.0. The Hall–Kier alpha value is -1.88. The minimum absolute atomic E-state index is 0.111. The van der Waals surface area contributed by atoms with Crippen molar-refractivity contribution in [1.82, 2.24) is 4.57 Å². The summed E-state index contributed by atoms with van der Waals surface area (Å²) >= 11 is 1.31. The van der Waals surface area contributed by atoms with Gasteiger partial charge in [0.2, 0.25) is 5.91 Å². The van der Waals surface area contributed by atoms with Crippen LogP contribution >= 0.6 is 11.3 Å². The molecule has 1 heterocycles. The van der Waals surface area contributed by atoms with Gasteiger partial charge in [-0.1, -0.05) is 19.1 Å². The average Bonchev–Trinajstić information content (AvgIpc) is 2.75. The van der Waals surface area contributed by atoms with Crippen LogP contribution in [0.1, 0.15) is 12.5 Å². The molecule has 2 N–H and O–H groups in total. The fraction of sp³-hybridized carbons (Fsp3) is 0.231. The summed E-state index contributed by atoms with van der Waals surface area (Å²) in [7, 11) is 0. The minimum atomic E-state index is -0.111. The average molecular weight is 261 g/mol. The Morgan fingerprint density at radius 1 is 1.50 bits per heavy atom. The van der Waals surface area contributed by atoms with Gasteiger partial charge in [-0.3, -0.25) is 10.2 Å². The molecule has 0 aliphatic rings. The number of carbonyl (C=O) groups excluding carboxylic acids is 1. The molecule has 2 aromatic rings. The van der Waals surface area contributed by atoms with Crippen molar-refractivity contribution in [2.45, 2.75) is 19.9 Å². The quantitative estimate of drug-likeness (QED) is 0.871. The third kappa shape index (κ3) is 3.07. The zero-order chi connectivity index (χ0) is 13.0. The van der Waals surface area contributed by atoms with Crippen LogP contribution < -0.4 is 10.1 Å². The summed E-state index contributed by atoms with van der Waals surface area (Å²) in [4.78, 5) is 12.2. The largest absolute Gasteiger partial charge is 0.325 e. The summed E-state index contributed by atoms with van der Waals surface area (Å²) < 4.78 is 1.61. The fourth-order valence-electron chi connectivity index (χ4n) is 1.65. The van der Waals surface area contributed by atoms with E-state index < -0.39 is 0 Å². The van der Waals surface area contributed by atoms with Gasteiger partial charge in [-0.2, -0.15) is 0 Å². The first-order valence-electron chi connectivity index (χ1n) is 5.76. The van der Waals surface area contributed by atoms with E-state index in [1.54, 1.807) is 16.1 Å².